The molecule has 144 valence electrons. The Kier molecular flexibility index (Phi) is 11.8. The fraction of sp³-hybridized carbons (Fsp3) is 0.684. The van der Waals surface area contributed by atoms with Crippen molar-refractivity contribution in [1.82, 2.24) is 0 Å². The van der Waals surface area contributed by atoms with Gasteiger partial charge in [0.1, 0.15) is 5.75 Å². The van der Waals surface area contributed by atoms with Crippen LogP contribution in [0.15, 0.2) is 24.3 Å². The zero-order valence-electron chi connectivity index (χ0n) is 15.6. The van der Waals surface area contributed by atoms with Crippen LogP contribution in [0.1, 0.15) is 63.9 Å². The number of phosphoric ester groups is 1. The third-order valence-corrected chi connectivity index (χ3v) is 5.40. The fourth-order valence-electron chi connectivity index (χ4n) is 2.58. The number of unbranched alkanes of at least 4 members (excludes halogenated alkanes) is 7. The van der Waals surface area contributed by atoms with Gasteiger partial charge in [-0.25, -0.2) is 4.57 Å². The van der Waals surface area contributed by atoms with Crippen molar-refractivity contribution in [2.45, 2.75) is 64.7 Å². The second-order valence-corrected chi connectivity index (χ2v) is 7.85. The van der Waals surface area contributed by atoms with E-state index in [1.165, 1.54) is 64.0 Å². The van der Waals surface area contributed by atoms with Crippen LogP contribution in [0.25, 0.3) is 0 Å². The maximum Gasteiger partial charge on any atom is 0.529 e. The number of hydrogen-bond acceptors (Lipinski definition) is 5. The lowest BCUT2D eigenvalue weighted by molar-refractivity contribution is 0.142. The molecular formula is C19H33O5P. The smallest absolute Gasteiger partial charge is 0.404 e. The topological polar surface area (TPSA) is 65.0 Å². The van der Waals surface area contributed by atoms with Crippen molar-refractivity contribution in [2.24, 2.45) is 0 Å². The fourth-order valence-corrected chi connectivity index (χ4v) is 3.50. The summed E-state index contributed by atoms with van der Waals surface area (Å²) in [7, 11) is -2.40. The second kappa shape index (κ2) is 13.3. The average Bonchev–Trinajstić information content (AvgIpc) is 2.63. The number of aliphatic hydroxyl groups excluding tert-OH is 1. The van der Waals surface area contributed by atoms with Crippen molar-refractivity contribution in [2.75, 3.05) is 20.3 Å². The Labute approximate surface area is 152 Å². The van der Waals surface area contributed by atoms with E-state index in [4.69, 9.17) is 18.7 Å². The van der Waals surface area contributed by atoms with Crippen LogP contribution >= 0.6 is 7.82 Å². The number of aryl methyl sites for hydroxylation is 1. The monoisotopic (exact) mass is 372 g/mol. The predicted octanol–water partition coefficient (Wildman–Crippen LogP) is 5.51. The molecule has 0 aliphatic rings. The maximum absolute atomic E-state index is 12.2. The summed E-state index contributed by atoms with van der Waals surface area (Å²) in [6, 6.07) is 7.49. The number of hydrogen-bond donors (Lipinski definition) is 1. The molecule has 1 atom stereocenters. The van der Waals surface area contributed by atoms with Crippen molar-refractivity contribution < 1.29 is 23.2 Å². The highest BCUT2D eigenvalue weighted by atomic mass is 31.2. The second-order valence-electron chi connectivity index (χ2n) is 6.15. The van der Waals surface area contributed by atoms with Gasteiger partial charge in [0.25, 0.3) is 0 Å². The van der Waals surface area contributed by atoms with Crippen LogP contribution < -0.4 is 4.52 Å². The summed E-state index contributed by atoms with van der Waals surface area (Å²) >= 11 is 0. The highest BCUT2D eigenvalue weighted by Gasteiger charge is 2.26. The van der Waals surface area contributed by atoms with Crippen molar-refractivity contribution in [1.29, 1.82) is 0 Å². The van der Waals surface area contributed by atoms with Crippen LogP contribution in [-0.4, -0.2) is 25.4 Å². The molecule has 0 amide bonds. The molecule has 1 aromatic carbocycles. The van der Waals surface area contributed by atoms with E-state index in [1.807, 2.05) is 12.1 Å². The molecule has 1 unspecified atom stereocenters. The first-order chi connectivity index (χ1) is 12.1. The van der Waals surface area contributed by atoms with Crippen LogP contribution in [0.2, 0.25) is 0 Å². The number of benzene rings is 1. The first-order valence-electron chi connectivity index (χ1n) is 9.33. The van der Waals surface area contributed by atoms with E-state index in [0.717, 1.165) is 6.42 Å². The van der Waals surface area contributed by atoms with E-state index in [-0.39, 0.29) is 13.2 Å². The SMILES string of the molecule is CCCCCCCCCCc1ccc(OP(=O)(OC)OCCO)cc1. The van der Waals surface area contributed by atoms with Crippen LogP contribution in [0.4, 0.5) is 0 Å². The Hall–Kier alpha value is -0.870. The zero-order valence-corrected chi connectivity index (χ0v) is 16.5. The van der Waals surface area contributed by atoms with Gasteiger partial charge in [-0.15, -0.1) is 0 Å². The minimum Gasteiger partial charge on any atom is -0.404 e. The summed E-state index contributed by atoms with van der Waals surface area (Å²) in [6.45, 7) is 1.91. The van der Waals surface area contributed by atoms with E-state index in [1.54, 1.807) is 12.1 Å². The van der Waals surface area contributed by atoms with E-state index >= 15 is 0 Å². The molecule has 0 saturated heterocycles. The number of phosphoric acid groups is 1. The molecule has 0 radical (unpaired) electrons. The van der Waals surface area contributed by atoms with Gasteiger partial charge in [0.05, 0.1) is 13.2 Å². The molecular weight excluding hydrogens is 339 g/mol. The largest absolute Gasteiger partial charge is 0.529 e. The summed E-state index contributed by atoms with van der Waals surface area (Å²) < 4.78 is 27.2. The number of rotatable bonds is 15. The summed E-state index contributed by atoms with van der Waals surface area (Å²) in [5, 5.41) is 8.74. The van der Waals surface area contributed by atoms with Crippen LogP contribution in [0, 0.1) is 0 Å². The Morgan fingerprint density at radius 2 is 1.56 bits per heavy atom. The van der Waals surface area contributed by atoms with Crippen molar-refractivity contribution in [3.8, 4) is 5.75 Å². The van der Waals surface area contributed by atoms with Gasteiger partial charge in [-0.1, -0.05) is 64.0 Å². The van der Waals surface area contributed by atoms with Crippen LogP contribution in [0.3, 0.4) is 0 Å². The third kappa shape index (κ3) is 10.0. The average molecular weight is 372 g/mol. The van der Waals surface area contributed by atoms with E-state index in [0.29, 0.717) is 5.75 Å². The Morgan fingerprint density at radius 3 is 2.12 bits per heavy atom. The normalized spacial score (nSPS) is 13.6. The molecule has 0 spiro atoms. The maximum atomic E-state index is 12.2. The van der Waals surface area contributed by atoms with Gasteiger partial charge in [0, 0.05) is 7.11 Å². The molecule has 1 rings (SSSR count). The van der Waals surface area contributed by atoms with Crippen molar-refractivity contribution in [3.63, 3.8) is 0 Å². The predicted molar refractivity (Wildman–Crippen MR) is 101 cm³/mol. The lowest BCUT2D eigenvalue weighted by Crippen LogP contribution is -2.04. The molecule has 0 aliphatic carbocycles. The molecule has 0 heterocycles. The lowest BCUT2D eigenvalue weighted by Gasteiger charge is -2.16. The molecule has 0 aromatic heterocycles. The van der Waals surface area contributed by atoms with Gasteiger partial charge in [-0.05, 0) is 30.5 Å². The van der Waals surface area contributed by atoms with E-state index < -0.39 is 7.82 Å². The molecule has 0 fully saturated rings. The molecule has 1 N–H and O–H groups in total. The summed E-state index contributed by atoms with van der Waals surface area (Å²) in [4.78, 5) is 0. The van der Waals surface area contributed by atoms with Gasteiger partial charge in [-0.3, -0.25) is 9.05 Å². The molecule has 25 heavy (non-hydrogen) atoms. The molecule has 1 aromatic rings. The van der Waals surface area contributed by atoms with E-state index in [2.05, 4.69) is 6.92 Å². The molecule has 0 bridgehead atoms. The summed E-state index contributed by atoms with van der Waals surface area (Å²) in [6.07, 6.45) is 11.5. The van der Waals surface area contributed by atoms with Crippen LogP contribution in [-0.2, 0) is 20.0 Å². The minimum atomic E-state index is -3.66. The first-order valence-corrected chi connectivity index (χ1v) is 10.8. The number of aliphatic hydroxyl groups is 1. The van der Waals surface area contributed by atoms with Gasteiger partial charge in [0.2, 0.25) is 0 Å². The van der Waals surface area contributed by atoms with Crippen LogP contribution in [0.5, 0.6) is 5.75 Å². The minimum absolute atomic E-state index is 0.0956. The van der Waals surface area contributed by atoms with Crippen molar-refractivity contribution in [3.05, 3.63) is 29.8 Å². The third-order valence-electron chi connectivity index (χ3n) is 4.02. The molecule has 0 aliphatic heterocycles. The summed E-state index contributed by atoms with van der Waals surface area (Å²) in [5.41, 5.74) is 1.24. The van der Waals surface area contributed by atoms with E-state index in [9.17, 15) is 4.57 Å². The van der Waals surface area contributed by atoms with Gasteiger partial charge >= 0.3 is 7.82 Å². The van der Waals surface area contributed by atoms with Gasteiger partial charge in [0.15, 0.2) is 0 Å². The van der Waals surface area contributed by atoms with Gasteiger partial charge in [-0.2, -0.15) is 0 Å². The lowest BCUT2D eigenvalue weighted by atomic mass is 10.0. The molecule has 5 nitrogen and oxygen atoms in total. The van der Waals surface area contributed by atoms with Gasteiger partial charge < -0.3 is 9.63 Å². The first kappa shape index (κ1) is 22.2. The molecule has 0 saturated carbocycles. The highest BCUT2D eigenvalue weighted by Crippen LogP contribution is 2.48. The molecule has 6 heteroatoms. The Bertz CT molecular complexity index is 489. The Balaban J connectivity index is 2.28. The zero-order chi connectivity index (χ0) is 18.4. The standard InChI is InChI=1S/C19H33O5P/c1-3-4-5-6-7-8-9-10-11-18-12-14-19(15-13-18)24-25(21,22-2)23-17-16-20/h12-15,20H,3-11,16-17H2,1-2H3. The van der Waals surface area contributed by atoms with Crippen molar-refractivity contribution >= 4 is 7.82 Å². The quantitative estimate of drug-likeness (QED) is 0.325. The Morgan fingerprint density at radius 1 is 0.960 bits per heavy atom. The highest BCUT2D eigenvalue weighted by molar-refractivity contribution is 7.48. The summed E-state index contributed by atoms with van der Waals surface area (Å²) in [5.74, 6) is 0.433.